The number of fused-ring (bicyclic) bond motifs is 1. The second kappa shape index (κ2) is 4.33. The zero-order chi connectivity index (χ0) is 13.5. The van der Waals surface area contributed by atoms with Gasteiger partial charge in [0.2, 0.25) is 5.75 Å². The Labute approximate surface area is 110 Å². The highest BCUT2D eigenvalue weighted by Crippen LogP contribution is 2.50. The first-order valence-electron chi connectivity index (χ1n) is 6.50. The fraction of sp³-hybridized carbons (Fsp3) is 0.500. The summed E-state index contributed by atoms with van der Waals surface area (Å²) in [4.78, 5) is 11.7. The van der Waals surface area contributed by atoms with Crippen molar-refractivity contribution in [1.82, 2.24) is 0 Å². The molecule has 1 heterocycles. The molecule has 1 fully saturated rings. The molecule has 3 rings (SSSR count). The highest BCUT2D eigenvalue weighted by molar-refractivity contribution is 5.83. The van der Waals surface area contributed by atoms with E-state index in [9.17, 15) is 15.0 Å². The van der Waals surface area contributed by atoms with Crippen molar-refractivity contribution in [3.63, 3.8) is 0 Å². The lowest BCUT2D eigenvalue weighted by molar-refractivity contribution is -0.143. The topological polar surface area (TPSA) is 76.0 Å². The lowest BCUT2D eigenvalue weighted by Gasteiger charge is -2.28. The van der Waals surface area contributed by atoms with Gasteiger partial charge in [-0.15, -0.1) is 0 Å². The van der Waals surface area contributed by atoms with Crippen LogP contribution in [0.4, 0.5) is 0 Å². The minimum atomic E-state index is -0.986. The average Bonchev–Trinajstić information content (AvgIpc) is 2.90. The zero-order valence-electron chi connectivity index (χ0n) is 10.5. The normalized spacial score (nSPS) is 20.2. The summed E-state index contributed by atoms with van der Waals surface area (Å²) in [6.45, 7) is 0.806. The number of carboxylic acid groups (broad SMARTS) is 1. The van der Waals surface area contributed by atoms with Crippen LogP contribution in [0.2, 0.25) is 0 Å². The summed E-state index contributed by atoms with van der Waals surface area (Å²) in [5.41, 5.74) is -0.540. The molecule has 0 saturated heterocycles. The standard InChI is InChI=1S/C14H16O5/c15-11-9(14(13(16)17)5-1-2-6-14)3-4-10-12(11)19-8-7-18-10/h3-4,15H,1-2,5-8H2,(H,16,17). The highest BCUT2D eigenvalue weighted by Gasteiger charge is 2.45. The third-order valence-electron chi connectivity index (χ3n) is 4.06. The van der Waals surface area contributed by atoms with Crippen molar-refractivity contribution in [3.05, 3.63) is 17.7 Å². The van der Waals surface area contributed by atoms with Gasteiger partial charge in [0.25, 0.3) is 0 Å². The molecule has 5 nitrogen and oxygen atoms in total. The summed E-state index contributed by atoms with van der Waals surface area (Å²) < 4.78 is 10.8. The molecule has 1 aromatic rings. The van der Waals surface area contributed by atoms with Crippen molar-refractivity contribution in [3.8, 4) is 17.2 Å². The Morgan fingerprint density at radius 1 is 1.16 bits per heavy atom. The quantitative estimate of drug-likeness (QED) is 0.855. The molecule has 1 aliphatic heterocycles. The van der Waals surface area contributed by atoms with Crippen LogP contribution in [0.25, 0.3) is 0 Å². The van der Waals surface area contributed by atoms with Gasteiger partial charge < -0.3 is 19.7 Å². The van der Waals surface area contributed by atoms with Gasteiger partial charge >= 0.3 is 5.97 Å². The van der Waals surface area contributed by atoms with Crippen LogP contribution >= 0.6 is 0 Å². The van der Waals surface area contributed by atoms with Gasteiger partial charge in [-0.3, -0.25) is 4.79 Å². The van der Waals surface area contributed by atoms with Gasteiger partial charge in [0.1, 0.15) is 13.2 Å². The van der Waals surface area contributed by atoms with Crippen LogP contribution in [0, 0.1) is 0 Å². The molecule has 2 N–H and O–H groups in total. The summed E-state index contributed by atoms with van der Waals surface area (Å²) in [5.74, 6) is -0.208. The van der Waals surface area contributed by atoms with Crippen molar-refractivity contribution in [1.29, 1.82) is 0 Å². The Hall–Kier alpha value is -1.91. The van der Waals surface area contributed by atoms with E-state index in [-0.39, 0.29) is 11.5 Å². The number of aliphatic carboxylic acids is 1. The fourth-order valence-electron chi connectivity index (χ4n) is 3.06. The van der Waals surface area contributed by atoms with E-state index in [1.165, 1.54) is 0 Å². The van der Waals surface area contributed by atoms with Crippen LogP contribution in [0.15, 0.2) is 12.1 Å². The number of hydrogen-bond acceptors (Lipinski definition) is 4. The van der Waals surface area contributed by atoms with Gasteiger partial charge in [0, 0.05) is 5.56 Å². The van der Waals surface area contributed by atoms with Gasteiger partial charge in [-0.1, -0.05) is 18.9 Å². The lowest BCUT2D eigenvalue weighted by atomic mass is 9.78. The van der Waals surface area contributed by atoms with Gasteiger partial charge in [0.05, 0.1) is 5.41 Å². The molecule has 1 aromatic carbocycles. The Morgan fingerprint density at radius 3 is 2.53 bits per heavy atom. The number of benzene rings is 1. The molecule has 0 bridgehead atoms. The lowest BCUT2D eigenvalue weighted by Crippen LogP contribution is -2.33. The van der Waals surface area contributed by atoms with Gasteiger partial charge in [-0.25, -0.2) is 0 Å². The third-order valence-corrected chi connectivity index (χ3v) is 4.06. The Kier molecular flexibility index (Phi) is 2.77. The van der Waals surface area contributed by atoms with Gasteiger partial charge in [-0.05, 0) is 18.9 Å². The molecule has 0 spiro atoms. The predicted molar refractivity (Wildman–Crippen MR) is 66.9 cm³/mol. The molecule has 19 heavy (non-hydrogen) atoms. The second-order valence-electron chi connectivity index (χ2n) is 5.08. The predicted octanol–water partition coefficient (Wildman–Crippen LogP) is 2.06. The van der Waals surface area contributed by atoms with E-state index in [4.69, 9.17) is 9.47 Å². The smallest absolute Gasteiger partial charge is 0.314 e. The van der Waals surface area contributed by atoms with Crippen molar-refractivity contribution in [2.24, 2.45) is 0 Å². The molecule has 0 atom stereocenters. The summed E-state index contributed by atoms with van der Waals surface area (Å²) in [5, 5.41) is 19.9. The van der Waals surface area contributed by atoms with E-state index in [1.807, 2.05) is 0 Å². The first-order chi connectivity index (χ1) is 9.15. The molecule has 2 aliphatic rings. The molecule has 5 heteroatoms. The van der Waals surface area contributed by atoms with E-state index in [1.54, 1.807) is 12.1 Å². The monoisotopic (exact) mass is 264 g/mol. The van der Waals surface area contributed by atoms with E-state index in [2.05, 4.69) is 0 Å². The summed E-state index contributed by atoms with van der Waals surface area (Å²) in [7, 11) is 0. The first-order valence-corrected chi connectivity index (χ1v) is 6.50. The SMILES string of the molecule is O=C(O)C1(c2ccc3c(c2O)OCCO3)CCCC1. The number of phenols is 1. The molecule has 0 unspecified atom stereocenters. The molecular formula is C14H16O5. The first kappa shape index (κ1) is 12.1. The molecular weight excluding hydrogens is 248 g/mol. The van der Waals surface area contributed by atoms with E-state index in [0.29, 0.717) is 37.4 Å². The van der Waals surface area contributed by atoms with E-state index < -0.39 is 11.4 Å². The summed E-state index contributed by atoms with van der Waals surface area (Å²) in [6, 6.07) is 3.34. The number of aromatic hydroxyl groups is 1. The molecule has 0 radical (unpaired) electrons. The molecule has 1 saturated carbocycles. The number of carboxylic acids is 1. The van der Waals surface area contributed by atoms with Crippen LogP contribution in [-0.2, 0) is 10.2 Å². The Bertz CT molecular complexity index is 517. The van der Waals surface area contributed by atoms with Gasteiger partial charge in [0.15, 0.2) is 11.5 Å². The second-order valence-corrected chi connectivity index (χ2v) is 5.08. The molecule has 0 amide bonds. The number of rotatable bonds is 2. The Morgan fingerprint density at radius 2 is 1.84 bits per heavy atom. The number of hydrogen-bond donors (Lipinski definition) is 2. The largest absolute Gasteiger partial charge is 0.504 e. The number of carbonyl (C=O) groups is 1. The van der Waals surface area contributed by atoms with E-state index in [0.717, 1.165) is 12.8 Å². The van der Waals surface area contributed by atoms with Crippen LogP contribution in [0.1, 0.15) is 31.2 Å². The van der Waals surface area contributed by atoms with Crippen LogP contribution in [-0.4, -0.2) is 29.4 Å². The van der Waals surface area contributed by atoms with E-state index >= 15 is 0 Å². The maximum atomic E-state index is 11.7. The third kappa shape index (κ3) is 1.72. The van der Waals surface area contributed by atoms with Crippen molar-refractivity contribution < 1.29 is 24.5 Å². The Balaban J connectivity index is 2.12. The minimum Gasteiger partial charge on any atom is -0.504 e. The molecule has 1 aliphatic carbocycles. The highest BCUT2D eigenvalue weighted by atomic mass is 16.6. The molecule has 0 aromatic heterocycles. The average molecular weight is 264 g/mol. The minimum absolute atomic E-state index is 0.0819. The van der Waals surface area contributed by atoms with Crippen molar-refractivity contribution >= 4 is 5.97 Å². The number of ether oxygens (including phenoxy) is 2. The zero-order valence-corrected chi connectivity index (χ0v) is 10.5. The summed E-state index contributed by atoms with van der Waals surface area (Å²) >= 11 is 0. The van der Waals surface area contributed by atoms with Crippen molar-refractivity contribution in [2.75, 3.05) is 13.2 Å². The van der Waals surface area contributed by atoms with Gasteiger partial charge in [-0.2, -0.15) is 0 Å². The van der Waals surface area contributed by atoms with Crippen LogP contribution in [0.3, 0.4) is 0 Å². The van der Waals surface area contributed by atoms with Crippen LogP contribution < -0.4 is 9.47 Å². The number of phenolic OH excluding ortho intramolecular Hbond substituents is 1. The maximum Gasteiger partial charge on any atom is 0.314 e. The fourth-order valence-corrected chi connectivity index (χ4v) is 3.06. The van der Waals surface area contributed by atoms with Crippen molar-refractivity contribution in [2.45, 2.75) is 31.1 Å². The van der Waals surface area contributed by atoms with Crippen LogP contribution in [0.5, 0.6) is 17.2 Å². The summed E-state index contributed by atoms with van der Waals surface area (Å²) in [6.07, 6.45) is 2.82. The maximum absolute atomic E-state index is 11.7. The molecule has 102 valence electrons.